The molecule has 5 heteroatoms. The molecule has 0 aromatic heterocycles. The van der Waals surface area contributed by atoms with Gasteiger partial charge in [0.25, 0.3) is 0 Å². The van der Waals surface area contributed by atoms with Crippen molar-refractivity contribution < 1.29 is 4.79 Å². The summed E-state index contributed by atoms with van der Waals surface area (Å²) < 4.78 is 0. The van der Waals surface area contributed by atoms with Gasteiger partial charge in [0.1, 0.15) is 0 Å². The van der Waals surface area contributed by atoms with Crippen molar-refractivity contribution in [1.29, 1.82) is 0 Å². The molecule has 140 valence electrons. The Morgan fingerprint density at radius 3 is 2.44 bits per heavy atom. The standard InChI is InChI=1S/C20H34N4O/c1-5-21-20(22-16-15-19(25)24(6-2)7-3)23-17(4)13-14-18-11-9-8-10-12-18/h8-12,17H,5-7,13-16H2,1-4H3,(H2,21,22,23). The summed E-state index contributed by atoms with van der Waals surface area (Å²) in [5, 5.41) is 6.69. The van der Waals surface area contributed by atoms with Crippen LogP contribution in [0.2, 0.25) is 0 Å². The zero-order valence-corrected chi connectivity index (χ0v) is 16.2. The van der Waals surface area contributed by atoms with Gasteiger partial charge in [-0.25, -0.2) is 0 Å². The Kier molecular flexibility index (Phi) is 10.4. The minimum absolute atomic E-state index is 0.168. The van der Waals surface area contributed by atoms with Gasteiger partial charge in [0.05, 0.1) is 6.54 Å². The largest absolute Gasteiger partial charge is 0.357 e. The molecule has 0 aliphatic rings. The molecule has 1 amide bonds. The van der Waals surface area contributed by atoms with Crippen LogP contribution < -0.4 is 10.6 Å². The topological polar surface area (TPSA) is 56.7 Å². The van der Waals surface area contributed by atoms with Gasteiger partial charge in [0.15, 0.2) is 5.96 Å². The molecule has 0 heterocycles. The van der Waals surface area contributed by atoms with Gasteiger partial charge in [-0.3, -0.25) is 9.79 Å². The summed E-state index contributed by atoms with van der Waals surface area (Å²) in [5.41, 5.74) is 1.35. The Morgan fingerprint density at radius 1 is 1.16 bits per heavy atom. The predicted molar refractivity (Wildman–Crippen MR) is 106 cm³/mol. The second kappa shape index (κ2) is 12.3. The molecule has 1 atom stereocenters. The third kappa shape index (κ3) is 8.57. The maximum atomic E-state index is 12.0. The second-order valence-electron chi connectivity index (χ2n) is 6.15. The minimum Gasteiger partial charge on any atom is -0.357 e. The Labute approximate surface area is 152 Å². The Morgan fingerprint density at radius 2 is 1.84 bits per heavy atom. The van der Waals surface area contributed by atoms with E-state index in [1.54, 1.807) is 0 Å². The first-order valence-corrected chi connectivity index (χ1v) is 9.47. The van der Waals surface area contributed by atoms with Gasteiger partial charge in [0, 0.05) is 32.1 Å². The highest BCUT2D eigenvalue weighted by atomic mass is 16.2. The van der Waals surface area contributed by atoms with Crippen LogP contribution >= 0.6 is 0 Å². The average Bonchev–Trinajstić information content (AvgIpc) is 2.62. The molecule has 0 bridgehead atoms. The van der Waals surface area contributed by atoms with Crippen molar-refractivity contribution in [3.8, 4) is 0 Å². The molecule has 1 aromatic carbocycles. The molecule has 1 rings (SSSR count). The van der Waals surface area contributed by atoms with E-state index in [1.165, 1.54) is 5.56 Å². The number of aryl methyl sites for hydroxylation is 1. The van der Waals surface area contributed by atoms with E-state index in [-0.39, 0.29) is 5.91 Å². The molecule has 0 saturated carbocycles. The van der Waals surface area contributed by atoms with Gasteiger partial charge >= 0.3 is 0 Å². The molecule has 0 saturated heterocycles. The third-order valence-electron chi connectivity index (χ3n) is 4.15. The summed E-state index contributed by atoms with van der Waals surface area (Å²) in [4.78, 5) is 18.4. The van der Waals surface area contributed by atoms with E-state index < -0.39 is 0 Å². The van der Waals surface area contributed by atoms with E-state index in [1.807, 2.05) is 31.7 Å². The molecule has 0 fully saturated rings. The maximum Gasteiger partial charge on any atom is 0.224 e. The van der Waals surface area contributed by atoms with E-state index >= 15 is 0 Å². The van der Waals surface area contributed by atoms with Crippen molar-refractivity contribution in [2.75, 3.05) is 26.2 Å². The zero-order valence-electron chi connectivity index (χ0n) is 16.2. The number of nitrogens with one attached hydrogen (secondary N) is 2. The average molecular weight is 347 g/mol. The molecule has 25 heavy (non-hydrogen) atoms. The number of benzene rings is 1. The zero-order chi connectivity index (χ0) is 18.5. The van der Waals surface area contributed by atoms with Gasteiger partial charge in [-0.15, -0.1) is 0 Å². The van der Waals surface area contributed by atoms with E-state index in [9.17, 15) is 4.79 Å². The fraction of sp³-hybridized carbons (Fsp3) is 0.600. The molecule has 5 nitrogen and oxygen atoms in total. The van der Waals surface area contributed by atoms with Crippen molar-refractivity contribution in [3.05, 3.63) is 35.9 Å². The number of hydrogen-bond acceptors (Lipinski definition) is 2. The van der Waals surface area contributed by atoms with Gasteiger partial charge in [-0.1, -0.05) is 30.3 Å². The number of amides is 1. The Hall–Kier alpha value is -2.04. The highest BCUT2D eigenvalue weighted by Crippen LogP contribution is 2.04. The fourth-order valence-electron chi connectivity index (χ4n) is 2.65. The number of guanidine groups is 1. The number of carbonyl (C=O) groups excluding carboxylic acids is 1. The summed E-state index contributed by atoms with van der Waals surface area (Å²) in [5.74, 6) is 0.956. The SMILES string of the molecule is CCNC(=NCCC(=O)N(CC)CC)NC(C)CCc1ccccc1. The van der Waals surface area contributed by atoms with Crippen molar-refractivity contribution in [3.63, 3.8) is 0 Å². The summed E-state index contributed by atoms with van der Waals surface area (Å²) in [7, 11) is 0. The Balaban J connectivity index is 2.44. The molecule has 2 N–H and O–H groups in total. The van der Waals surface area contributed by atoms with Gasteiger partial charge in [-0.2, -0.15) is 0 Å². The first kappa shape index (κ1) is 21.0. The lowest BCUT2D eigenvalue weighted by atomic mass is 10.1. The van der Waals surface area contributed by atoms with Gasteiger partial charge < -0.3 is 15.5 Å². The number of aliphatic imine (C=N–C) groups is 1. The van der Waals surface area contributed by atoms with Crippen LogP contribution in [0.1, 0.15) is 46.1 Å². The van der Waals surface area contributed by atoms with Crippen LogP contribution in [0.15, 0.2) is 35.3 Å². The number of nitrogens with zero attached hydrogens (tertiary/aromatic N) is 2. The molecule has 0 aliphatic heterocycles. The maximum absolute atomic E-state index is 12.0. The molecule has 1 unspecified atom stereocenters. The molecular weight excluding hydrogens is 312 g/mol. The second-order valence-corrected chi connectivity index (χ2v) is 6.15. The Bertz CT molecular complexity index is 512. The van der Waals surface area contributed by atoms with Crippen LogP contribution in [0.25, 0.3) is 0 Å². The van der Waals surface area contributed by atoms with Crippen LogP contribution in [0, 0.1) is 0 Å². The monoisotopic (exact) mass is 346 g/mol. The summed E-state index contributed by atoms with van der Waals surface area (Å²) in [6, 6.07) is 10.8. The molecule has 0 radical (unpaired) electrons. The first-order valence-electron chi connectivity index (χ1n) is 9.47. The number of hydrogen-bond donors (Lipinski definition) is 2. The fourth-order valence-corrected chi connectivity index (χ4v) is 2.65. The van der Waals surface area contributed by atoms with Crippen molar-refractivity contribution in [2.45, 2.75) is 53.0 Å². The molecule has 0 spiro atoms. The summed E-state index contributed by atoms with van der Waals surface area (Å²) >= 11 is 0. The quantitative estimate of drug-likeness (QED) is 0.506. The van der Waals surface area contributed by atoms with Crippen LogP contribution in [0.5, 0.6) is 0 Å². The molecule has 0 aliphatic carbocycles. The normalized spacial score (nSPS) is 12.6. The third-order valence-corrected chi connectivity index (χ3v) is 4.15. The molecular formula is C20H34N4O. The van der Waals surface area contributed by atoms with Crippen LogP contribution in [-0.2, 0) is 11.2 Å². The lowest BCUT2D eigenvalue weighted by Gasteiger charge is -2.19. The van der Waals surface area contributed by atoms with E-state index in [4.69, 9.17) is 0 Å². The lowest BCUT2D eigenvalue weighted by molar-refractivity contribution is -0.130. The first-order chi connectivity index (χ1) is 12.1. The van der Waals surface area contributed by atoms with Crippen molar-refractivity contribution in [2.24, 2.45) is 4.99 Å². The predicted octanol–water partition coefficient (Wildman–Crippen LogP) is 2.82. The van der Waals surface area contributed by atoms with Crippen molar-refractivity contribution >= 4 is 11.9 Å². The lowest BCUT2D eigenvalue weighted by Crippen LogP contribution is -2.42. The van der Waals surface area contributed by atoms with E-state index in [2.05, 4.69) is 46.8 Å². The van der Waals surface area contributed by atoms with Crippen LogP contribution in [0.3, 0.4) is 0 Å². The molecule has 1 aromatic rings. The summed E-state index contributed by atoms with van der Waals surface area (Å²) in [6.07, 6.45) is 2.53. The van der Waals surface area contributed by atoms with Crippen LogP contribution in [0.4, 0.5) is 0 Å². The highest BCUT2D eigenvalue weighted by Gasteiger charge is 2.09. The van der Waals surface area contributed by atoms with Gasteiger partial charge in [-0.05, 0) is 46.1 Å². The highest BCUT2D eigenvalue weighted by molar-refractivity contribution is 5.81. The van der Waals surface area contributed by atoms with Gasteiger partial charge in [0.2, 0.25) is 5.91 Å². The van der Waals surface area contributed by atoms with Crippen LogP contribution in [-0.4, -0.2) is 49.0 Å². The van der Waals surface area contributed by atoms with E-state index in [0.717, 1.165) is 38.4 Å². The minimum atomic E-state index is 0.168. The number of rotatable bonds is 10. The van der Waals surface area contributed by atoms with Crippen molar-refractivity contribution in [1.82, 2.24) is 15.5 Å². The van der Waals surface area contributed by atoms with E-state index in [0.29, 0.717) is 19.0 Å². The number of carbonyl (C=O) groups is 1. The summed E-state index contributed by atoms with van der Waals surface area (Å²) in [6.45, 7) is 11.1. The smallest absolute Gasteiger partial charge is 0.224 e.